The number of benzene rings is 1. The first-order valence-electron chi connectivity index (χ1n) is 6.67. The zero-order valence-corrected chi connectivity index (χ0v) is 11.9. The molecule has 98 valence electrons. The van der Waals surface area contributed by atoms with Crippen molar-refractivity contribution in [3.63, 3.8) is 0 Å². The van der Waals surface area contributed by atoms with Crippen LogP contribution in [0.2, 0.25) is 0 Å². The molecule has 4 rings (SSSR count). The third-order valence-electron chi connectivity index (χ3n) is 3.68. The zero-order chi connectivity index (χ0) is 13.5. The highest BCUT2D eigenvalue weighted by molar-refractivity contribution is 7.13. The van der Waals surface area contributed by atoms with Crippen molar-refractivity contribution in [3.05, 3.63) is 65.8 Å². The monoisotopic (exact) mass is 278 g/mol. The predicted molar refractivity (Wildman–Crippen MR) is 83.8 cm³/mol. The van der Waals surface area contributed by atoms with E-state index in [2.05, 4.69) is 51.8 Å². The summed E-state index contributed by atoms with van der Waals surface area (Å²) in [4.78, 5) is 5.98. The Bertz CT molecular complexity index is 780. The highest BCUT2D eigenvalue weighted by Gasteiger charge is 2.22. The molecule has 1 aromatic carbocycles. The second kappa shape index (κ2) is 4.46. The van der Waals surface area contributed by atoms with E-state index in [0.717, 1.165) is 18.7 Å². The molecule has 1 aliphatic heterocycles. The van der Waals surface area contributed by atoms with Crippen molar-refractivity contribution >= 4 is 11.3 Å². The van der Waals surface area contributed by atoms with Crippen LogP contribution in [0.5, 0.6) is 0 Å². The van der Waals surface area contributed by atoms with Crippen LogP contribution >= 0.6 is 11.3 Å². The summed E-state index contributed by atoms with van der Waals surface area (Å²) in [6.45, 7) is 5.05. The van der Waals surface area contributed by atoms with E-state index in [-0.39, 0.29) is 0 Å². The SMILES string of the molecule is C=C1Cc2ccsc2-c2c(-c3ccccc3)ncn2C1. The van der Waals surface area contributed by atoms with E-state index in [4.69, 9.17) is 0 Å². The minimum absolute atomic E-state index is 0.858. The van der Waals surface area contributed by atoms with E-state index in [0.29, 0.717) is 0 Å². The molecule has 0 bridgehead atoms. The van der Waals surface area contributed by atoms with Crippen molar-refractivity contribution in [2.24, 2.45) is 0 Å². The van der Waals surface area contributed by atoms with Crippen LogP contribution in [-0.4, -0.2) is 9.55 Å². The summed E-state index contributed by atoms with van der Waals surface area (Å²) < 4.78 is 2.23. The number of nitrogens with zero attached hydrogens (tertiary/aromatic N) is 2. The number of rotatable bonds is 1. The molecule has 0 atom stereocenters. The Morgan fingerprint density at radius 3 is 2.85 bits per heavy atom. The summed E-state index contributed by atoms with van der Waals surface area (Å²) >= 11 is 1.79. The summed E-state index contributed by atoms with van der Waals surface area (Å²) in [6, 6.07) is 12.6. The Kier molecular flexibility index (Phi) is 2.60. The molecule has 2 aromatic heterocycles. The predicted octanol–water partition coefficient (Wildman–Crippen LogP) is 4.39. The quantitative estimate of drug-likeness (QED) is 0.604. The molecule has 0 spiro atoms. The smallest absolute Gasteiger partial charge is 0.0971 e. The lowest BCUT2D eigenvalue weighted by molar-refractivity contribution is 0.785. The van der Waals surface area contributed by atoms with Gasteiger partial charge in [-0.3, -0.25) is 0 Å². The molecule has 0 amide bonds. The average molecular weight is 278 g/mol. The number of fused-ring (bicyclic) bond motifs is 3. The van der Waals surface area contributed by atoms with Crippen molar-refractivity contribution in [2.45, 2.75) is 13.0 Å². The summed E-state index contributed by atoms with van der Waals surface area (Å²) in [6.07, 6.45) is 2.91. The van der Waals surface area contributed by atoms with E-state index in [9.17, 15) is 0 Å². The zero-order valence-electron chi connectivity index (χ0n) is 11.0. The van der Waals surface area contributed by atoms with Crippen LogP contribution in [0, 0.1) is 0 Å². The Morgan fingerprint density at radius 2 is 2.00 bits per heavy atom. The van der Waals surface area contributed by atoms with Gasteiger partial charge in [-0.25, -0.2) is 4.98 Å². The number of hydrogen-bond donors (Lipinski definition) is 0. The largest absolute Gasteiger partial charge is 0.325 e. The molecule has 3 heteroatoms. The van der Waals surface area contributed by atoms with Gasteiger partial charge in [-0.1, -0.05) is 42.5 Å². The van der Waals surface area contributed by atoms with Gasteiger partial charge in [0.1, 0.15) is 0 Å². The molecule has 3 aromatic rings. The topological polar surface area (TPSA) is 17.8 Å². The van der Waals surface area contributed by atoms with Crippen molar-refractivity contribution in [2.75, 3.05) is 0 Å². The third kappa shape index (κ3) is 1.74. The maximum atomic E-state index is 4.65. The highest BCUT2D eigenvalue weighted by atomic mass is 32.1. The standard InChI is InChI=1S/C17H14N2S/c1-12-9-14-7-8-20-17(14)16-15(18-11-19(16)10-12)13-5-3-2-4-6-13/h2-8,11H,1,9-10H2. The highest BCUT2D eigenvalue weighted by Crippen LogP contribution is 2.39. The first-order chi connectivity index (χ1) is 9.83. The lowest BCUT2D eigenvalue weighted by Crippen LogP contribution is -1.98. The normalized spacial score (nSPS) is 13.7. The Balaban J connectivity index is 1.99. The van der Waals surface area contributed by atoms with E-state index in [1.54, 1.807) is 11.3 Å². The number of allylic oxidation sites excluding steroid dienone is 1. The summed E-state index contributed by atoms with van der Waals surface area (Å²) in [5, 5.41) is 2.16. The third-order valence-corrected chi connectivity index (χ3v) is 4.64. The number of aromatic nitrogens is 2. The molecule has 2 nitrogen and oxygen atoms in total. The molecular formula is C17H14N2S. The van der Waals surface area contributed by atoms with E-state index in [1.165, 1.54) is 27.3 Å². The van der Waals surface area contributed by atoms with Crippen LogP contribution in [0.25, 0.3) is 21.8 Å². The molecule has 0 N–H and O–H groups in total. The van der Waals surface area contributed by atoms with Gasteiger partial charge in [-0.15, -0.1) is 11.3 Å². The van der Waals surface area contributed by atoms with Crippen molar-refractivity contribution < 1.29 is 0 Å². The molecule has 0 radical (unpaired) electrons. The molecule has 0 fully saturated rings. The van der Waals surface area contributed by atoms with Crippen LogP contribution in [0.3, 0.4) is 0 Å². The van der Waals surface area contributed by atoms with Gasteiger partial charge in [-0.2, -0.15) is 0 Å². The van der Waals surface area contributed by atoms with Gasteiger partial charge in [0.15, 0.2) is 0 Å². The fraction of sp³-hybridized carbons (Fsp3) is 0.118. The van der Waals surface area contributed by atoms with E-state index in [1.807, 2.05) is 12.4 Å². The fourth-order valence-electron chi connectivity index (χ4n) is 2.80. The van der Waals surface area contributed by atoms with Gasteiger partial charge in [0.2, 0.25) is 0 Å². The number of hydrogen-bond acceptors (Lipinski definition) is 2. The van der Waals surface area contributed by atoms with E-state index >= 15 is 0 Å². The Morgan fingerprint density at radius 1 is 1.15 bits per heavy atom. The van der Waals surface area contributed by atoms with Crippen LogP contribution < -0.4 is 0 Å². The van der Waals surface area contributed by atoms with E-state index < -0.39 is 0 Å². The van der Waals surface area contributed by atoms with Gasteiger partial charge in [0, 0.05) is 12.1 Å². The average Bonchev–Trinajstić information content (AvgIpc) is 3.04. The van der Waals surface area contributed by atoms with Gasteiger partial charge in [0.05, 0.1) is 22.6 Å². The maximum absolute atomic E-state index is 4.65. The van der Waals surface area contributed by atoms with Crippen molar-refractivity contribution in [1.82, 2.24) is 9.55 Å². The summed E-state index contributed by atoms with van der Waals surface area (Å²) in [7, 11) is 0. The van der Waals surface area contributed by atoms with Gasteiger partial charge < -0.3 is 4.57 Å². The maximum Gasteiger partial charge on any atom is 0.0971 e. The van der Waals surface area contributed by atoms with Crippen LogP contribution in [0.15, 0.2) is 60.3 Å². The lowest BCUT2D eigenvalue weighted by Gasteiger charge is -2.06. The molecule has 3 heterocycles. The minimum Gasteiger partial charge on any atom is -0.325 e. The summed E-state index contributed by atoms with van der Waals surface area (Å²) in [5.74, 6) is 0. The molecule has 0 aliphatic carbocycles. The molecule has 0 unspecified atom stereocenters. The molecular weight excluding hydrogens is 264 g/mol. The first-order valence-corrected chi connectivity index (χ1v) is 7.55. The summed E-state index contributed by atoms with van der Waals surface area (Å²) in [5.41, 5.74) is 6.09. The molecule has 0 saturated carbocycles. The Labute approximate surface area is 122 Å². The second-order valence-electron chi connectivity index (χ2n) is 5.14. The lowest BCUT2D eigenvalue weighted by atomic mass is 10.1. The molecule has 1 aliphatic rings. The fourth-order valence-corrected chi connectivity index (χ4v) is 3.78. The van der Waals surface area contributed by atoms with Crippen LogP contribution in [0.4, 0.5) is 0 Å². The Hall–Kier alpha value is -2.13. The first kappa shape index (κ1) is 11.7. The van der Waals surface area contributed by atoms with Crippen LogP contribution in [0.1, 0.15) is 5.56 Å². The second-order valence-corrected chi connectivity index (χ2v) is 6.05. The van der Waals surface area contributed by atoms with Gasteiger partial charge in [0.25, 0.3) is 0 Å². The van der Waals surface area contributed by atoms with Crippen molar-refractivity contribution in [1.29, 1.82) is 0 Å². The minimum atomic E-state index is 0.858. The number of thiophene rings is 1. The van der Waals surface area contributed by atoms with Gasteiger partial charge >= 0.3 is 0 Å². The van der Waals surface area contributed by atoms with Crippen molar-refractivity contribution in [3.8, 4) is 21.8 Å². The number of imidazole rings is 1. The molecule has 20 heavy (non-hydrogen) atoms. The van der Waals surface area contributed by atoms with Crippen LogP contribution in [-0.2, 0) is 13.0 Å². The van der Waals surface area contributed by atoms with Gasteiger partial charge in [-0.05, 0) is 23.4 Å². The molecule has 0 saturated heterocycles.